The second kappa shape index (κ2) is 7.80. The van der Waals surface area contributed by atoms with E-state index in [1.165, 1.54) is 0 Å². The molecule has 0 aromatic carbocycles. The van der Waals surface area contributed by atoms with Crippen LogP contribution in [0.1, 0.15) is 34.1 Å². The molecule has 84 valence electrons. The van der Waals surface area contributed by atoms with E-state index < -0.39 is 0 Å². The zero-order valence-electron chi connectivity index (χ0n) is 9.88. The van der Waals surface area contributed by atoms with E-state index in [4.69, 9.17) is 4.74 Å². The summed E-state index contributed by atoms with van der Waals surface area (Å²) >= 11 is 0. The fourth-order valence-electron chi connectivity index (χ4n) is 1.19. The van der Waals surface area contributed by atoms with Gasteiger partial charge in [-0.3, -0.25) is 4.79 Å². The third kappa shape index (κ3) is 5.97. The van der Waals surface area contributed by atoms with Gasteiger partial charge in [-0.25, -0.2) is 0 Å². The van der Waals surface area contributed by atoms with Crippen LogP contribution in [0.25, 0.3) is 0 Å². The molecule has 0 atom stereocenters. The van der Waals surface area contributed by atoms with Crippen molar-refractivity contribution in [3.63, 3.8) is 0 Å². The lowest BCUT2D eigenvalue weighted by atomic mass is 10.2. The van der Waals surface area contributed by atoms with Crippen LogP contribution in [0.4, 0.5) is 0 Å². The van der Waals surface area contributed by atoms with E-state index in [-0.39, 0.29) is 11.9 Å². The van der Waals surface area contributed by atoms with Crippen LogP contribution in [-0.2, 0) is 9.53 Å². The van der Waals surface area contributed by atoms with Crippen molar-refractivity contribution in [2.75, 3.05) is 26.2 Å². The molecule has 14 heavy (non-hydrogen) atoms. The molecule has 0 bridgehead atoms. The molecule has 3 heteroatoms. The molecule has 0 fully saturated rings. The zero-order valence-corrected chi connectivity index (χ0v) is 9.88. The summed E-state index contributed by atoms with van der Waals surface area (Å²) in [5, 5.41) is 0. The van der Waals surface area contributed by atoms with Gasteiger partial charge in [-0.1, -0.05) is 27.7 Å². The van der Waals surface area contributed by atoms with Crippen LogP contribution in [0.15, 0.2) is 0 Å². The van der Waals surface area contributed by atoms with Crippen LogP contribution < -0.4 is 0 Å². The van der Waals surface area contributed by atoms with Crippen LogP contribution in [0.2, 0.25) is 0 Å². The molecule has 0 unspecified atom stereocenters. The highest BCUT2D eigenvalue weighted by Crippen LogP contribution is 1.97. The van der Waals surface area contributed by atoms with Crippen molar-refractivity contribution in [3.05, 3.63) is 0 Å². The molecular formula is C11H23NO2. The number of nitrogens with zero attached hydrogens (tertiary/aromatic N) is 1. The SMILES string of the molecule is CCCN(CC)CCOC(=O)C(C)C. The lowest BCUT2D eigenvalue weighted by Gasteiger charge is -2.19. The van der Waals surface area contributed by atoms with E-state index in [2.05, 4.69) is 18.7 Å². The molecule has 0 rings (SSSR count). The Morgan fingerprint density at radius 1 is 1.29 bits per heavy atom. The topological polar surface area (TPSA) is 29.5 Å². The summed E-state index contributed by atoms with van der Waals surface area (Å²) in [4.78, 5) is 13.4. The first-order valence-corrected chi connectivity index (χ1v) is 5.50. The zero-order chi connectivity index (χ0) is 11.0. The molecule has 0 saturated heterocycles. The molecule has 0 aromatic heterocycles. The molecule has 0 aliphatic rings. The minimum Gasteiger partial charge on any atom is -0.464 e. The largest absolute Gasteiger partial charge is 0.464 e. The van der Waals surface area contributed by atoms with Crippen molar-refractivity contribution in [3.8, 4) is 0 Å². The highest BCUT2D eigenvalue weighted by molar-refractivity contribution is 5.71. The van der Waals surface area contributed by atoms with E-state index in [1.54, 1.807) is 0 Å². The van der Waals surface area contributed by atoms with Gasteiger partial charge in [0.1, 0.15) is 6.61 Å². The van der Waals surface area contributed by atoms with E-state index in [1.807, 2.05) is 13.8 Å². The van der Waals surface area contributed by atoms with Crippen molar-refractivity contribution in [1.29, 1.82) is 0 Å². The molecule has 0 saturated carbocycles. The van der Waals surface area contributed by atoms with Gasteiger partial charge in [0, 0.05) is 6.54 Å². The second-order valence-electron chi connectivity index (χ2n) is 3.76. The van der Waals surface area contributed by atoms with Gasteiger partial charge in [0.25, 0.3) is 0 Å². The number of hydrogen-bond acceptors (Lipinski definition) is 3. The quantitative estimate of drug-likeness (QED) is 0.589. The van der Waals surface area contributed by atoms with Gasteiger partial charge in [0.15, 0.2) is 0 Å². The molecule has 0 amide bonds. The number of esters is 1. The Kier molecular flexibility index (Phi) is 7.48. The van der Waals surface area contributed by atoms with Crippen molar-refractivity contribution >= 4 is 5.97 Å². The molecule has 0 aliphatic heterocycles. The Labute approximate surface area is 87.4 Å². The first-order chi connectivity index (χ1) is 6.61. The van der Waals surface area contributed by atoms with Gasteiger partial charge in [-0.2, -0.15) is 0 Å². The van der Waals surface area contributed by atoms with E-state index in [9.17, 15) is 4.79 Å². The lowest BCUT2D eigenvalue weighted by Crippen LogP contribution is -2.29. The number of hydrogen-bond donors (Lipinski definition) is 0. The number of carbonyl (C=O) groups is 1. The minimum atomic E-state index is -0.0995. The minimum absolute atomic E-state index is 0.0174. The number of carbonyl (C=O) groups excluding carboxylic acids is 1. The van der Waals surface area contributed by atoms with E-state index >= 15 is 0 Å². The summed E-state index contributed by atoms with van der Waals surface area (Å²) in [7, 11) is 0. The van der Waals surface area contributed by atoms with Crippen molar-refractivity contribution < 1.29 is 9.53 Å². The number of ether oxygens (including phenoxy) is 1. The molecule has 0 spiro atoms. The Morgan fingerprint density at radius 2 is 1.93 bits per heavy atom. The lowest BCUT2D eigenvalue weighted by molar-refractivity contribution is -0.147. The fourth-order valence-corrected chi connectivity index (χ4v) is 1.19. The molecular weight excluding hydrogens is 178 g/mol. The molecule has 0 aliphatic carbocycles. The molecule has 0 N–H and O–H groups in total. The van der Waals surface area contributed by atoms with Gasteiger partial charge in [-0.05, 0) is 19.5 Å². The number of rotatable bonds is 7. The number of likely N-dealkylation sites (N-methyl/N-ethyl adjacent to an activating group) is 1. The van der Waals surface area contributed by atoms with Crippen molar-refractivity contribution in [2.24, 2.45) is 5.92 Å². The third-order valence-corrected chi connectivity index (χ3v) is 2.11. The molecule has 0 heterocycles. The molecule has 3 nitrogen and oxygen atoms in total. The predicted molar refractivity (Wildman–Crippen MR) is 58.2 cm³/mol. The van der Waals surface area contributed by atoms with Crippen LogP contribution in [0.5, 0.6) is 0 Å². The highest BCUT2D eigenvalue weighted by atomic mass is 16.5. The Morgan fingerprint density at radius 3 is 2.36 bits per heavy atom. The smallest absolute Gasteiger partial charge is 0.308 e. The predicted octanol–water partition coefficient (Wildman–Crippen LogP) is 1.92. The fraction of sp³-hybridized carbons (Fsp3) is 0.909. The maximum Gasteiger partial charge on any atom is 0.308 e. The normalized spacial score (nSPS) is 11.0. The second-order valence-corrected chi connectivity index (χ2v) is 3.76. The van der Waals surface area contributed by atoms with Gasteiger partial charge in [-0.15, -0.1) is 0 Å². The Bertz CT molecular complexity index is 157. The first-order valence-electron chi connectivity index (χ1n) is 5.50. The molecule has 0 radical (unpaired) electrons. The third-order valence-electron chi connectivity index (χ3n) is 2.11. The summed E-state index contributed by atoms with van der Waals surface area (Å²) < 4.78 is 5.10. The van der Waals surface area contributed by atoms with Crippen LogP contribution in [0.3, 0.4) is 0 Å². The monoisotopic (exact) mass is 201 g/mol. The van der Waals surface area contributed by atoms with Crippen LogP contribution >= 0.6 is 0 Å². The highest BCUT2D eigenvalue weighted by Gasteiger charge is 2.08. The standard InChI is InChI=1S/C11H23NO2/c1-5-7-12(6-2)8-9-14-11(13)10(3)4/h10H,5-9H2,1-4H3. The maximum atomic E-state index is 11.1. The van der Waals surface area contributed by atoms with Crippen molar-refractivity contribution in [1.82, 2.24) is 4.90 Å². The van der Waals surface area contributed by atoms with Gasteiger partial charge in [0.05, 0.1) is 5.92 Å². The average Bonchev–Trinajstić information content (AvgIpc) is 2.16. The van der Waals surface area contributed by atoms with Crippen LogP contribution in [-0.4, -0.2) is 37.1 Å². The van der Waals surface area contributed by atoms with Gasteiger partial charge < -0.3 is 9.64 Å². The van der Waals surface area contributed by atoms with Crippen molar-refractivity contribution in [2.45, 2.75) is 34.1 Å². The first kappa shape index (κ1) is 13.4. The van der Waals surface area contributed by atoms with Crippen LogP contribution in [0, 0.1) is 5.92 Å². The summed E-state index contributed by atoms with van der Waals surface area (Å²) in [6.07, 6.45) is 1.14. The summed E-state index contributed by atoms with van der Waals surface area (Å²) in [6, 6.07) is 0. The van der Waals surface area contributed by atoms with Gasteiger partial charge in [0.2, 0.25) is 0 Å². The Balaban J connectivity index is 3.55. The van der Waals surface area contributed by atoms with E-state index in [0.29, 0.717) is 6.61 Å². The average molecular weight is 201 g/mol. The molecule has 0 aromatic rings. The van der Waals surface area contributed by atoms with Gasteiger partial charge >= 0.3 is 5.97 Å². The summed E-state index contributed by atoms with van der Waals surface area (Å²) in [5.41, 5.74) is 0. The summed E-state index contributed by atoms with van der Waals surface area (Å²) in [6.45, 7) is 11.5. The Hall–Kier alpha value is -0.570. The van der Waals surface area contributed by atoms with E-state index in [0.717, 1.165) is 26.1 Å². The summed E-state index contributed by atoms with van der Waals surface area (Å²) in [5.74, 6) is -0.117. The maximum absolute atomic E-state index is 11.1.